The first-order valence-corrected chi connectivity index (χ1v) is 11.1. The second kappa shape index (κ2) is 11.5. The summed E-state index contributed by atoms with van der Waals surface area (Å²) < 4.78 is 43.0. The fourth-order valence-corrected chi connectivity index (χ4v) is 3.70. The minimum absolute atomic E-state index is 0.0764. The van der Waals surface area contributed by atoms with Crippen molar-refractivity contribution in [2.45, 2.75) is 4.90 Å². The molecule has 0 aliphatic heterocycles. The van der Waals surface area contributed by atoms with Gasteiger partial charge in [0.1, 0.15) is 16.4 Å². The largest absolute Gasteiger partial charge is 0.495 e. The Morgan fingerprint density at radius 2 is 1.72 bits per heavy atom. The van der Waals surface area contributed by atoms with Crippen molar-refractivity contribution in [3.63, 3.8) is 0 Å². The lowest BCUT2D eigenvalue weighted by Crippen LogP contribution is -2.28. The van der Waals surface area contributed by atoms with Gasteiger partial charge in [-0.15, -0.1) is 0 Å². The number of ether oxygens (including phenoxy) is 3. The first kappa shape index (κ1) is 25.1. The molecule has 0 unspecified atom stereocenters. The highest BCUT2D eigenvalue weighted by atomic mass is 32.2. The van der Waals surface area contributed by atoms with Gasteiger partial charge in [-0.05, 0) is 42.5 Å². The van der Waals surface area contributed by atoms with Gasteiger partial charge in [0, 0.05) is 39.0 Å². The van der Waals surface area contributed by atoms with Crippen LogP contribution in [0.5, 0.6) is 11.5 Å². The lowest BCUT2D eigenvalue weighted by molar-refractivity contribution is -0.130. The molecule has 32 heavy (non-hydrogen) atoms. The summed E-state index contributed by atoms with van der Waals surface area (Å²) in [6.07, 6.45) is 0. The van der Waals surface area contributed by atoms with Crippen LogP contribution in [0.2, 0.25) is 0 Å². The van der Waals surface area contributed by atoms with Gasteiger partial charge >= 0.3 is 0 Å². The van der Waals surface area contributed by atoms with Gasteiger partial charge in [0.15, 0.2) is 6.61 Å². The topological polar surface area (TPSA) is 123 Å². The summed E-state index contributed by atoms with van der Waals surface area (Å²) in [6.45, 7) is 0.179. The lowest BCUT2D eigenvalue weighted by atomic mass is 10.2. The maximum atomic E-state index is 12.7. The number of likely N-dealkylation sites (N-methyl/N-ethyl adjacent to an activating group) is 1. The average molecular weight is 466 g/mol. The average Bonchev–Trinajstić information content (AvgIpc) is 2.77. The number of methoxy groups -OCH3 is 2. The molecule has 2 N–H and O–H groups in total. The maximum Gasteiger partial charge on any atom is 0.259 e. The third-order valence-corrected chi connectivity index (χ3v) is 5.77. The fourth-order valence-electron chi connectivity index (χ4n) is 2.50. The molecule has 0 aromatic heterocycles. The number of benzene rings is 2. The lowest BCUT2D eigenvalue weighted by Gasteiger charge is -2.13. The van der Waals surface area contributed by atoms with Gasteiger partial charge in [-0.3, -0.25) is 9.59 Å². The number of amides is 2. The molecular weight excluding hydrogens is 438 g/mol. The number of rotatable bonds is 11. The zero-order valence-corrected chi connectivity index (χ0v) is 19.2. The van der Waals surface area contributed by atoms with E-state index >= 15 is 0 Å². The smallest absolute Gasteiger partial charge is 0.259 e. The summed E-state index contributed by atoms with van der Waals surface area (Å²) in [5.41, 5.74) is 0.606. The van der Waals surface area contributed by atoms with E-state index in [-0.39, 0.29) is 41.9 Å². The van der Waals surface area contributed by atoms with E-state index in [0.29, 0.717) is 11.4 Å². The third kappa shape index (κ3) is 6.94. The van der Waals surface area contributed by atoms with Crippen molar-refractivity contribution in [3.05, 3.63) is 48.0 Å². The van der Waals surface area contributed by atoms with Crippen molar-refractivity contribution >= 4 is 27.5 Å². The fraction of sp³-hybridized carbons (Fsp3) is 0.333. The molecule has 0 bridgehead atoms. The molecular formula is C21H27N3O7S. The molecule has 2 aromatic carbocycles. The molecule has 2 rings (SSSR count). The van der Waals surface area contributed by atoms with Gasteiger partial charge < -0.3 is 24.4 Å². The summed E-state index contributed by atoms with van der Waals surface area (Å²) in [5.74, 6) is -0.0970. The van der Waals surface area contributed by atoms with Crippen LogP contribution in [0.1, 0.15) is 10.4 Å². The first-order chi connectivity index (χ1) is 15.2. The Balaban J connectivity index is 2.12. The predicted octanol–water partition coefficient (Wildman–Crippen LogP) is 1.34. The van der Waals surface area contributed by atoms with Crippen molar-refractivity contribution in [1.82, 2.24) is 9.62 Å². The summed E-state index contributed by atoms with van der Waals surface area (Å²) >= 11 is 0. The quantitative estimate of drug-likeness (QED) is 0.480. The van der Waals surface area contributed by atoms with Crippen LogP contribution in [-0.4, -0.2) is 73.2 Å². The number of anilines is 1. The van der Waals surface area contributed by atoms with Gasteiger partial charge in [0.05, 0.1) is 13.7 Å². The van der Waals surface area contributed by atoms with Crippen LogP contribution in [0.3, 0.4) is 0 Å². The third-order valence-electron chi connectivity index (χ3n) is 4.29. The van der Waals surface area contributed by atoms with Gasteiger partial charge in [-0.1, -0.05) is 0 Å². The van der Waals surface area contributed by atoms with Crippen LogP contribution in [0.25, 0.3) is 0 Å². The van der Waals surface area contributed by atoms with E-state index < -0.39 is 15.9 Å². The maximum absolute atomic E-state index is 12.7. The summed E-state index contributed by atoms with van der Waals surface area (Å²) in [6, 6.07) is 10.6. The van der Waals surface area contributed by atoms with Crippen molar-refractivity contribution in [3.8, 4) is 11.5 Å². The van der Waals surface area contributed by atoms with E-state index in [1.54, 1.807) is 38.4 Å². The zero-order chi connectivity index (χ0) is 23.7. The number of carbonyl (C=O) groups is 2. The van der Waals surface area contributed by atoms with Gasteiger partial charge in [-0.2, -0.15) is 0 Å². The standard InChI is InChI=1S/C21H27N3O7S/c1-24(2)20(25)14-31-17-8-6-16(7-9-17)23-21(26)15-5-10-18(30-4)19(13-15)32(27,28)22-11-12-29-3/h5-10,13,22H,11-12,14H2,1-4H3,(H,23,26). The molecule has 0 atom stereocenters. The van der Waals surface area contributed by atoms with E-state index in [2.05, 4.69) is 10.0 Å². The van der Waals surface area contributed by atoms with Crippen molar-refractivity contribution < 1.29 is 32.2 Å². The van der Waals surface area contributed by atoms with E-state index in [1.807, 2.05) is 0 Å². The molecule has 0 fully saturated rings. The molecule has 0 saturated carbocycles. The van der Waals surface area contributed by atoms with Crippen LogP contribution in [-0.2, 0) is 19.6 Å². The van der Waals surface area contributed by atoms with Crippen molar-refractivity contribution in [2.75, 3.05) is 53.4 Å². The predicted molar refractivity (Wildman–Crippen MR) is 119 cm³/mol. The number of carbonyl (C=O) groups excluding carboxylic acids is 2. The Hall–Kier alpha value is -3.15. The second-order valence-corrected chi connectivity index (χ2v) is 8.55. The van der Waals surface area contributed by atoms with Gasteiger partial charge in [0.2, 0.25) is 10.0 Å². The van der Waals surface area contributed by atoms with E-state index in [1.165, 1.54) is 37.3 Å². The van der Waals surface area contributed by atoms with Crippen LogP contribution < -0.4 is 19.5 Å². The van der Waals surface area contributed by atoms with E-state index in [4.69, 9.17) is 14.2 Å². The molecule has 0 aliphatic rings. The highest BCUT2D eigenvalue weighted by molar-refractivity contribution is 7.89. The molecule has 2 amide bonds. The number of nitrogens with one attached hydrogen (secondary N) is 2. The summed E-state index contributed by atoms with van der Waals surface area (Å²) in [5, 5.41) is 2.69. The molecule has 2 aromatic rings. The normalized spacial score (nSPS) is 11.0. The number of hydrogen-bond acceptors (Lipinski definition) is 7. The molecule has 0 aliphatic carbocycles. The van der Waals surface area contributed by atoms with Gasteiger partial charge in [-0.25, -0.2) is 13.1 Å². The first-order valence-electron chi connectivity index (χ1n) is 9.59. The monoisotopic (exact) mass is 465 g/mol. The molecule has 0 spiro atoms. The van der Waals surface area contributed by atoms with Crippen LogP contribution in [0, 0.1) is 0 Å². The number of hydrogen-bond donors (Lipinski definition) is 2. The number of sulfonamides is 1. The highest BCUT2D eigenvalue weighted by Crippen LogP contribution is 2.25. The van der Waals surface area contributed by atoms with Crippen LogP contribution in [0.15, 0.2) is 47.4 Å². The van der Waals surface area contributed by atoms with Crippen molar-refractivity contribution in [2.24, 2.45) is 0 Å². The van der Waals surface area contributed by atoms with Crippen LogP contribution in [0.4, 0.5) is 5.69 Å². The molecule has 10 nitrogen and oxygen atoms in total. The van der Waals surface area contributed by atoms with E-state index in [9.17, 15) is 18.0 Å². The highest BCUT2D eigenvalue weighted by Gasteiger charge is 2.21. The Labute approximate surface area is 187 Å². The summed E-state index contributed by atoms with van der Waals surface area (Å²) in [4.78, 5) is 25.5. The Morgan fingerprint density at radius 1 is 1.03 bits per heavy atom. The SMILES string of the molecule is COCCNS(=O)(=O)c1cc(C(=O)Nc2ccc(OCC(=O)N(C)C)cc2)ccc1OC. The Kier molecular flexibility index (Phi) is 9.00. The zero-order valence-electron chi connectivity index (χ0n) is 18.4. The summed E-state index contributed by atoms with van der Waals surface area (Å²) in [7, 11) is 2.16. The number of nitrogens with zero attached hydrogens (tertiary/aromatic N) is 1. The molecule has 0 heterocycles. The molecule has 11 heteroatoms. The Bertz CT molecular complexity index is 1040. The van der Waals surface area contributed by atoms with E-state index in [0.717, 1.165) is 0 Å². The minimum Gasteiger partial charge on any atom is -0.495 e. The second-order valence-electron chi connectivity index (χ2n) is 6.81. The van der Waals surface area contributed by atoms with Crippen molar-refractivity contribution in [1.29, 1.82) is 0 Å². The molecule has 174 valence electrons. The Morgan fingerprint density at radius 3 is 2.31 bits per heavy atom. The van der Waals surface area contributed by atoms with Gasteiger partial charge in [0.25, 0.3) is 11.8 Å². The minimum atomic E-state index is -3.91. The molecule has 0 radical (unpaired) electrons. The molecule has 0 saturated heterocycles. The van der Waals surface area contributed by atoms with Crippen LogP contribution >= 0.6 is 0 Å².